The molecule has 0 spiro atoms. The van der Waals surface area contributed by atoms with Crippen molar-refractivity contribution in [3.05, 3.63) is 0 Å². The number of ether oxygens (including phenoxy) is 1. The molecule has 2 aliphatic carbocycles. The first-order valence-electron chi connectivity index (χ1n) is 14.0. The fourth-order valence-electron chi connectivity index (χ4n) is 6.61. The van der Waals surface area contributed by atoms with Crippen LogP contribution in [0.5, 0.6) is 0 Å². The summed E-state index contributed by atoms with van der Waals surface area (Å²) < 4.78 is 5.86. The molecule has 0 aromatic rings. The minimum Gasteiger partial charge on any atom is -0.481 e. The van der Waals surface area contributed by atoms with Crippen LogP contribution in [-0.2, 0) is 19.1 Å². The van der Waals surface area contributed by atoms with E-state index in [0.717, 1.165) is 63.9 Å². The molecule has 1 aliphatic heterocycles. The van der Waals surface area contributed by atoms with Gasteiger partial charge in [-0.15, -0.1) is 0 Å². The van der Waals surface area contributed by atoms with Crippen LogP contribution < -0.4 is 0 Å². The van der Waals surface area contributed by atoms with Gasteiger partial charge in [0.2, 0.25) is 5.91 Å². The van der Waals surface area contributed by atoms with Gasteiger partial charge in [-0.25, -0.2) is 0 Å². The van der Waals surface area contributed by atoms with E-state index in [-0.39, 0.29) is 12.0 Å². The molecule has 1 saturated heterocycles. The molecule has 1 amide bonds. The van der Waals surface area contributed by atoms with Crippen LogP contribution >= 0.6 is 0 Å². The van der Waals surface area contributed by atoms with E-state index in [9.17, 15) is 14.4 Å². The van der Waals surface area contributed by atoms with Gasteiger partial charge in [-0.3, -0.25) is 14.4 Å². The summed E-state index contributed by atoms with van der Waals surface area (Å²) in [5.74, 6) is -1.51. The van der Waals surface area contributed by atoms with Gasteiger partial charge in [0.25, 0.3) is 0 Å². The second-order valence-corrected chi connectivity index (χ2v) is 12.3. The summed E-state index contributed by atoms with van der Waals surface area (Å²) in [4.78, 5) is 36.9. The van der Waals surface area contributed by atoms with E-state index < -0.39 is 17.9 Å². The normalized spacial score (nSPS) is 29.8. The first-order chi connectivity index (χ1) is 16.5. The van der Waals surface area contributed by atoms with Gasteiger partial charge < -0.3 is 19.8 Å². The van der Waals surface area contributed by atoms with E-state index in [4.69, 9.17) is 14.9 Å². The number of hydrogen-bond acceptors (Lipinski definition) is 4. The van der Waals surface area contributed by atoms with E-state index in [1.807, 2.05) is 0 Å². The van der Waals surface area contributed by atoms with Gasteiger partial charge in [0.1, 0.15) is 0 Å². The summed E-state index contributed by atoms with van der Waals surface area (Å²) in [7, 11) is 0. The van der Waals surface area contributed by atoms with Crippen molar-refractivity contribution in [1.29, 1.82) is 0 Å². The topological polar surface area (TPSA) is 104 Å². The van der Waals surface area contributed by atoms with E-state index in [1.54, 1.807) is 0 Å². The highest BCUT2D eigenvalue weighted by Crippen LogP contribution is 2.43. The molecule has 35 heavy (non-hydrogen) atoms. The SMILES string of the molecule is CC(C)(C)OCCCC1CCC(N2C(=O)CC2C2CCC(CCCC(C(=O)O)C(=O)O)CC2)CC1. The number of β-lactam (4-membered cyclic amide) rings is 1. The number of aliphatic carboxylic acids is 2. The van der Waals surface area contributed by atoms with Crippen molar-refractivity contribution in [2.24, 2.45) is 23.7 Å². The average Bonchev–Trinajstić information content (AvgIpc) is 2.78. The summed E-state index contributed by atoms with van der Waals surface area (Å²) in [5, 5.41) is 18.1. The van der Waals surface area contributed by atoms with Crippen LogP contribution in [0.2, 0.25) is 0 Å². The number of carbonyl (C=O) groups is 3. The Bertz CT molecular complexity index is 701. The minimum atomic E-state index is -1.28. The number of amides is 1. The molecule has 3 fully saturated rings. The molecule has 2 N–H and O–H groups in total. The van der Waals surface area contributed by atoms with Crippen LogP contribution in [0, 0.1) is 23.7 Å². The van der Waals surface area contributed by atoms with Crippen LogP contribution in [0.4, 0.5) is 0 Å². The van der Waals surface area contributed by atoms with E-state index in [0.29, 0.717) is 42.7 Å². The number of hydrogen-bond donors (Lipinski definition) is 2. The lowest BCUT2D eigenvalue weighted by molar-refractivity contribution is -0.157. The molecule has 1 heterocycles. The average molecular weight is 494 g/mol. The maximum Gasteiger partial charge on any atom is 0.317 e. The van der Waals surface area contributed by atoms with E-state index in [2.05, 4.69) is 25.7 Å². The van der Waals surface area contributed by atoms with Crippen molar-refractivity contribution >= 4 is 17.8 Å². The Morgan fingerprint density at radius 2 is 1.46 bits per heavy atom. The number of rotatable bonds is 12. The smallest absolute Gasteiger partial charge is 0.317 e. The third-order valence-electron chi connectivity index (χ3n) is 8.67. The first-order valence-corrected chi connectivity index (χ1v) is 14.0. The van der Waals surface area contributed by atoms with Crippen LogP contribution in [0.15, 0.2) is 0 Å². The second kappa shape index (κ2) is 12.6. The zero-order valence-electron chi connectivity index (χ0n) is 22.0. The molecule has 3 aliphatic rings. The summed E-state index contributed by atoms with van der Waals surface area (Å²) in [5.41, 5.74) is -0.0621. The highest BCUT2D eigenvalue weighted by molar-refractivity contribution is 5.92. The Labute approximate surface area is 211 Å². The van der Waals surface area contributed by atoms with Gasteiger partial charge in [-0.1, -0.05) is 25.7 Å². The fourth-order valence-corrected chi connectivity index (χ4v) is 6.61. The largest absolute Gasteiger partial charge is 0.481 e. The molecule has 1 atom stereocenters. The van der Waals surface area contributed by atoms with Gasteiger partial charge in [0.15, 0.2) is 5.92 Å². The zero-order chi connectivity index (χ0) is 25.6. The van der Waals surface area contributed by atoms with Crippen molar-refractivity contribution in [3.63, 3.8) is 0 Å². The number of likely N-dealkylation sites (tertiary alicyclic amines) is 1. The molecule has 2 saturated carbocycles. The maximum absolute atomic E-state index is 12.6. The fraction of sp³-hybridized carbons (Fsp3) is 0.893. The lowest BCUT2D eigenvalue weighted by atomic mass is 9.72. The van der Waals surface area contributed by atoms with Gasteiger partial charge in [-0.05, 0) is 96.3 Å². The van der Waals surface area contributed by atoms with E-state index >= 15 is 0 Å². The monoisotopic (exact) mass is 493 g/mol. The number of carboxylic acid groups (broad SMARTS) is 2. The Morgan fingerprint density at radius 3 is 1.97 bits per heavy atom. The van der Waals surface area contributed by atoms with Crippen LogP contribution in [0.3, 0.4) is 0 Å². The lowest BCUT2D eigenvalue weighted by Gasteiger charge is -2.52. The molecule has 0 aromatic heterocycles. The molecular formula is C28H47NO6. The molecule has 7 heteroatoms. The first kappa shape index (κ1) is 27.9. The zero-order valence-corrected chi connectivity index (χ0v) is 22.0. The van der Waals surface area contributed by atoms with Crippen molar-refractivity contribution in [3.8, 4) is 0 Å². The van der Waals surface area contributed by atoms with Crippen LogP contribution in [-0.4, -0.2) is 57.3 Å². The highest BCUT2D eigenvalue weighted by Gasteiger charge is 2.46. The molecule has 0 radical (unpaired) electrons. The van der Waals surface area contributed by atoms with Crippen molar-refractivity contribution in [2.45, 2.75) is 128 Å². The Morgan fingerprint density at radius 1 is 0.914 bits per heavy atom. The maximum atomic E-state index is 12.6. The minimum absolute atomic E-state index is 0.0621. The predicted molar refractivity (Wildman–Crippen MR) is 134 cm³/mol. The van der Waals surface area contributed by atoms with Crippen molar-refractivity contribution in [2.75, 3.05) is 6.61 Å². The Kier molecular flexibility index (Phi) is 10.0. The highest BCUT2D eigenvalue weighted by atomic mass is 16.5. The Balaban J connectivity index is 1.35. The van der Waals surface area contributed by atoms with Crippen LogP contribution in [0.1, 0.15) is 111 Å². The van der Waals surface area contributed by atoms with Gasteiger partial charge in [-0.2, -0.15) is 0 Å². The number of nitrogens with zero attached hydrogens (tertiary/aromatic N) is 1. The quantitative estimate of drug-likeness (QED) is 0.211. The third-order valence-corrected chi connectivity index (χ3v) is 8.67. The molecule has 0 aromatic carbocycles. The second-order valence-electron chi connectivity index (χ2n) is 12.3. The van der Waals surface area contributed by atoms with E-state index in [1.165, 1.54) is 19.3 Å². The summed E-state index contributed by atoms with van der Waals surface area (Å²) >= 11 is 0. The van der Waals surface area contributed by atoms with Crippen LogP contribution in [0.25, 0.3) is 0 Å². The van der Waals surface area contributed by atoms with Gasteiger partial charge in [0, 0.05) is 25.1 Å². The summed E-state index contributed by atoms with van der Waals surface area (Å²) in [6.45, 7) is 7.14. The lowest BCUT2D eigenvalue weighted by Crippen LogP contribution is -2.61. The molecule has 0 bridgehead atoms. The Hall–Kier alpha value is -1.63. The number of carbonyl (C=O) groups excluding carboxylic acids is 1. The van der Waals surface area contributed by atoms with Gasteiger partial charge in [0.05, 0.1) is 5.60 Å². The van der Waals surface area contributed by atoms with Crippen molar-refractivity contribution < 1.29 is 29.3 Å². The molecular weight excluding hydrogens is 446 g/mol. The third kappa shape index (κ3) is 8.19. The predicted octanol–water partition coefficient (Wildman–Crippen LogP) is 5.50. The summed E-state index contributed by atoms with van der Waals surface area (Å²) in [6, 6.07) is 0.832. The van der Waals surface area contributed by atoms with Crippen molar-refractivity contribution in [1.82, 2.24) is 4.90 Å². The molecule has 1 unspecified atom stereocenters. The summed E-state index contributed by atoms with van der Waals surface area (Å²) in [6.07, 6.45) is 14.0. The number of carboxylic acids is 2. The standard InChI is InChI=1S/C28H47NO6/c1-28(2,3)35-17-5-7-20-11-15-22(16-12-20)29-24(18-25(29)30)21-13-9-19(10-14-21)6-4-8-23(26(31)32)27(33)34/h19-24H,4-18H2,1-3H3,(H,31,32)(H,33,34). The molecule has 3 rings (SSSR count). The molecule has 7 nitrogen and oxygen atoms in total. The molecule has 200 valence electrons. The van der Waals surface area contributed by atoms with Gasteiger partial charge >= 0.3 is 11.9 Å².